The van der Waals surface area contributed by atoms with E-state index >= 15 is 0 Å². The van der Waals surface area contributed by atoms with E-state index in [2.05, 4.69) is 0 Å². The van der Waals surface area contributed by atoms with Crippen LogP contribution in [-0.2, 0) is 10.3 Å². The molecular weight excluding hydrogens is 252 g/mol. The maximum atomic E-state index is 11.7. The summed E-state index contributed by atoms with van der Waals surface area (Å²) in [7, 11) is 0. The summed E-state index contributed by atoms with van der Waals surface area (Å²) in [4.78, 5) is 11.7. The maximum Gasteiger partial charge on any atom is 0.342 e. The molecule has 2 aromatic rings. The fourth-order valence-electron chi connectivity index (χ4n) is 1.74. The predicted octanol–water partition coefficient (Wildman–Crippen LogP) is 3.26. The van der Waals surface area contributed by atoms with Gasteiger partial charge in [-0.3, -0.25) is 0 Å². The van der Waals surface area contributed by atoms with Crippen molar-refractivity contribution in [2.24, 2.45) is 0 Å². The van der Waals surface area contributed by atoms with E-state index in [9.17, 15) is 9.90 Å². The summed E-state index contributed by atoms with van der Waals surface area (Å²) in [6.07, 6.45) is 2.67. The van der Waals surface area contributed by atoms with Crippen molar-refractivity contribution >= 4 is 5.97 Å². The summed E-state index contributed by atoms with van der Waals surface area (Å²) in [5.41, 5.74) is 0.0154. The van der Waals surface area contributed by atoms with E-state index in [0.717, 1.165) is 5.56 Å². The van der Waals surface area contributed by atoms with Gasteiger partial charge in [0.1, 0.15) is 5.60 Å². The number of ether oxygens (including phenoxy) is 1. The van der Waals surface area contributed by atoms with Crippen molar-refractivity contribution in [3.8, 4) is 0 Å². The van der Waals surface area contributed by atoms with E-state index in [1.165, 1.54) is 12.3 Å². The van der Waals surface area contributed by atoms with Crippen molar-refractivity contribution in [3.05, 3.63) is 84.1 Å². The lowest BCUT2D eigenvalue weighted by Crippen LogP contribution is -2.17. The van der Waals surface area contributed by atoms with Crippen LogP contribution in [0, 0.1) is 0 Å². The van der Waals surface area contributed by atoms with Crippen molar-refractivity contribution in [2.45, 2.75) is 12.5 Å². The number of benzene rings is 2. The zero-order valence-electron chi connectivity index (χ0n) is 11.2. The summed E-state index contributed by atoms with van der Waals surface area (Å²) >= 11 is 0. The quantitative estimate of drug-likeness (QED) is 0.684. The highest BCUT2D eigenvalue weighted by atomic mass is 16.5. The highest BCUT2D eigenvalue weighted by Gasteiger charge is 2.19. The zero-order chi connectivity index (χ0) is 14.4. The first-order chi connectivity index (χ1) is 9.59. The van der Waals surface area contributed by atoms with E-state index in [-0.39, 0.29) is 0 Å². The number of rotatable bonds is 4. The van der Waals surface area contributed by atoms with Crippen LogP contribution in [0.2, 0.25) is 0 Å². The second-order valence-electron chi connectivity index (χ2n) is 4.59. The molecule has 0 saturated heterocycles. The highest BCUT2D eigenvalue weighted by Crippen LogP contribution is 2.21. The molecule has 102 valence electrons. The highest BCUT2D eigenvalue weighted by molar-refractivity contribution is 5.89. The lowest BCUT2D eigenvalue weighted by Gasteiger charge is -2.18. The Kier molecular flexibility index (Phi) is 4.33. The molecule has 0 radical (unpaired) electrons. The molecule has 20 heavy (non-hydrogen) atoms. The van der Waals surface area contributed by atoms with Gasteiger partial charge in [0.2, 0.25) is 0 Å². The third-order valence-corrected chi connectivity index (χ3v) is 2.94. The van der Waals surface area contributed by atoms with Gasteiger partial charge in [0, 0.05) is 0 Å². The average Bonchev–Trinajstić information content (AvgIpc) is 2.49. The van der Waals surface area contributed by atoms with Gasteiger partial charge < -0.3 is 9.84 Å². The molecule has 3 heteroatoms. The molecule has 3 nitrogen and oxygen atoms in total. The van der Waals surface area contributed by atoms with E-state index in [4.69, 9.17) is 4.74 Å². The fraction of sp³-hybridized carbons (Fsp3) is 0.118. The van der Waals surface area contributed by atoms with Crippen LogP contribution in [0.3, 0.4) is 0 Å². The Morgan fingerprint density at radius 2 is 1.60 bits per heavy atom. The van der Waals surface area contributed by atoms with Crippen LogP contribution in [0.4, 0.5) is 0 Å². The lowest BCUT2D eigenvalue weighted by molar-refractivity contribution is 0.0645. The first-order valence-corrected chi connectivity index (χ1v) is 6.31. The fourth-order valence-corrected chi connectivity index (χ4v) is 1.74. The molecule has 0 aliphatic rings. The van der Waals surface area contributed by atoms with Crippen LogP contribution in [0.15, 0.2) is 73.0 Å². The number of carbonyl (C=O) groups excluding carboxylic acids is 1. The molecule has 0 saturated carbocycles. The number of esters is 1. The summed E-state index contributed by atoms with van der Waals surface area (Å²) in [5, 5.41) is 10.3. The van der Waals surface area contributed by atoms with E-state index < -0.39 is 11.6 Å². The minimum absolute atomic E-state index is 0.453. The van der Waals surface area contributed by atoms with E-state index in [1.807, 2.05) is 36.4 Å². The maximum absolute atomic E-state index is 11.7. The van der Waals surface area contributed by atoms with Crippen molar-refractivity contribution in [3.63, 3.8) is 0 Å². The van der Waals surface area contributed by atoms with Crippen molar-refractivity contribution in [1.82, 2.24) is 0 Å². The third kappa shape index (κ3) is 3.56. The molecule has 0 aliphatic heterocycles. The molecule has 0 amide bonds. The Hall–Kier alpha value is -2.39. The molecule has 0 fully saturated rings. The van der Waals surface area contributed by atoms with Crippen LogP contribution in [-0.4, -0.2) is 11.1 Å². The van der Waals surface area contributed by atoms with Crippen LogP contribution in [0.5, 0.6) is 0 Å². The van der Waals surface area contributed by atoms with Crippen molar-refractivity contribution in [1.29, 1.82) is 0 Å². The van der Waals surface area contributed by atoms with E-state index in [0.29, 0.717) is 5.56 Å². The van der Waals surface area contributed by atoms with Gasteiger partial charge in [-0.05, 0) is 30.7 Å². The van der Waals surface area contributed by atoms with Crippen LogP contribution >= 0.6 is 0 Å². The first-order valence-electron chi connectivity index (χ1n) is 6.31. The van der Waals surface area contributed by atoms with Crippen molar-refractivity contribution in [2.75, 3.05) is 0 Å². The summed E-state index contributed by atoms with van der Waals surface area (Å²) in [6, 6.07) is 17.9. The third-order valence-electron chi connectivity index (χ3n) is 2.94. The Labute approximate surface area is 118 Å². The molecule has 0 bridgehead atoms. The molecule has 1 N–H and O–H groups in total. The topological polar surface area (TPSA) is 46.5 Å². The molecule has 0 spiro atoms. The Morgan fingerprint density at radius 1 is 1.05 bits per heavy atom. The largest absolute Gasteiger partial charge is 0.431 e. The monoisotopic (exact) mass is 268 g/mol. The zero-order valence-corrected chi connectivity index (χ0v) is 11.2. The van der Waals surface area contributed by atoms with Gasteiger partial charge in [-0.25, -0.2) is 4.79 Å². The summed E-state index contributed by atoms with van der Waals surface area (Å²) in [5.74, 6) is -0.453. The molecule has 0 heterocycles. The SMILES string of the molecule is CC(O)(/C=C/OC(=O)c1ccccc1)c1ccccc1. The van der Waals surface area contributed by atoms with Gasteiger partial charge in [-0.15, -0.1) is 0 Å². The number of carbonyl (C=O) groups is 1. The van der Waals surface area contributed by atoms with Gasteiger partial charge in [-0.2, -0.15) is 0 Å². The van der Waals surface area contributed by atoms with Crippen LogP contribution < -0.4 is 0 Å². The Morgan fingerprint density at radius 3 is 2.20 bits per heavy atom. The number of hydrogen-bond donors (Lipinski definition) is 1. The Bertz CT molecular complexity index is 586. The summed E-state index contributed by atoms with van der Waals surface area (Å²) in [6.45, 7) is 1.63. The van der Waals surface area contributed by atoms with Crippen LogP contribution in [0.1, 0.15) is 22.8 Å². The molecular formula is C17H16O3. The summed E-state index contributed by atoms with van der Waals surface area (Å²) < 4.78 is 5.01. The minimum atomic E-state index is -1.18. The second-order valence-corrected chi connectivity index (χ2v) is 4.59. The second kappa shape index (κ2) is 6.17. The van der Waals surface area contributed by atoms with Gasteiger partial charge >= 0.3 is 5.97 Å². The van der Waals surface area contributed by atoms with E-state index in [1.54, 1.807) is 31.2 Å². The standard InChI is InChI=1S/C17H16O3/c1-17(19,15-10-6-3-7-11-15)12-13-20-16(18)14-8-4-2-5-9-14/h2-13,19H,1H3/b13-12+. The molecule has 1 atom stereocenters. The van der Waals surface area contributed by atoms with Gasteiger partial charge in [0.05, 0.1) is 11.8 Å². The molecule has 2 aromatic carbocycles. The van der Waals surface area contributed by atoms with Gasteiger partial charge in [0.15, 0.2) is 0 Å². The normalized spacial score (nSPS) is 13.9. The number of hydrogen-bond acceptors (Lipinski definition) is 3. The predicted molar refractivity (Wildman–Crippen MR) is 77.0 cm³/mol. The average molecular weight is 268 g/mol. The Balaban J connectivity index is 2.02. The molecule has 0 aliphatic carbocycles. The lowest BCUT2D eigenvalue weighted by atomic mass is 9.96. The first kappa shape index (κ1) is 14.0. The van der Waals surface area contributed by atoms with Gasteiger partial charge in [-0.1, -0.05) is 48.5 Å². The smallest absolute Gasteiger partial charge is 0.342 e. The van der Waals surface area contributed by atoms with Gasteiger partial charge in [0.25, 0.3) is 0 Å². The minimum Gasteiger partial charge on any atom is -0.431 e. The van der Waals surface area contributed by atoms with Crippen LogP contribution in [0.25, 0.3) is 0 Å². The van der Waals surface area contributed by atoms with Crippen molar-refractivity contribution < 1.29 is 14.6 Å². The molecule has 2 rings (SSSR count). The number of aliphatic hydroxyl groups is 1. The molecule has 0 aromatic heterocycles. The molecule has 1 unspecified atom stereocenters.